The zero-order valence-corrected chi connectivity index (χ0v) is 12.0. The first-order chi connectivity index (χ1) is 10.1. The van der Waals surface area contributed by atoms with Gasteiger partial charge in [0.25, 0.3) is 5.91 Å². The molecule has 2 amide bonds. The number of amides is 2. The van der Waals surface area contributed by atoms with E-state index in [-0.39, 0.29) is 30.3 Å². The third-order valence-electron chi connectivity index (χ3n) is 4.20. The maximum absolute atomic E-state index is 12.2. The van der Waals surface area contributed by atoms with E-state index in [1.165, 1.54) is 0 Å². The molecule has 1 saturated heterocycles. The molecule has 0 aromatic carbocycles. The molecular formula is C14H20N4O3. The molecule has 1 saturated carbocycles. The summed E-state index contributed by atoms with van der Waals surface area (Å²) in [6, 6.07) is 1.64. The molecule has 1 aliphatic heterocycles. The molecule has 7 nitrogen and oxygen atoms in total. The second-order valence-electron chi connectivity index (χ2n) is 5.95. The average Bonchev–Trinajstić information content (AvgIpc) is 3.09. The molecule has 7 heteroatoms. The largest absolute Gasteiger partial charge is 0.360 e. The SMILES string of the molecule is C[C@@H]1CN(C(=O)CN)C[C@@H]1NC(=O)c1cc(C2CC2)on1. The predicted molar refractivity (Wildman–Crippen MR) is 74.5 cm³/mol. The van der Waals surface area contributed by atoms with Crippen LogP contribution in [0.4, 0.5) is 0 Å². The number of carbonyl (C=O) groups is 2. The van der Waals surface area contributed by atoms with Gasteiger partial charge in [-0.2, -0.15) is 0 Å². The lowest BCUT2D eigenvalue weighted by molar-refractivity contribution is -0.128. The summed E-state index contributed by atoms with van der Waals surface area (Å²) in [5.74, 6) is 1.08. The molecule has 2 heterocycles. The number of hydrogen-bond donors (Lipinski definition) is 2. The van der Waals surface area contributed by atoms with Gasteiger partial charge in [-0.25, -0.2) is 0 Å². The Morgan fingerprint density at radius 2 is 2.24 bits per heavy atom. The van der Waals surface area contributed by atoms with Crippen molar-refractivity contribution in [3.8, 4) is 0 Å². The summed E-state index contributed by atoms with van der Waals surface area (Å²) in [4.78, 5) is 25.5. The highest BCUT2D eigenvalue weighted by molar-refractivity contribution is 5.92. The van der Waals surface area contributed by atoms with Crippen LogP contribution in [0.15, 0.2) is 10.6 Å². The number of hydrogen-bond acceptors (Lipinski definition) is 5. The molecule has 2 atom stereocenters. The van der Waals surface area contributed by atoms with Crippen LogP contribution in [0.1, 0.15) is 41.9 Å². The molecule has 3 N–H and O–H groups in total. The van der Waals surface area contributed by atoms with Crippen molar-refractivity contribution < 1.29 is 14.1 Å². The van der Waals surface area contributed by atoms with Crippen LogP contribution in [0, 0.1) is 5.92 Å². The van der Waals surface area contributed by atoms with Crippen LogP contribution >= 0.6 is 0 Å². The molecule has 0 unspecified atom stereocenters. The Morgan fingerprint density at radius 1 is 1.48 bits per heavy atom. The molecule has 114 valence electrons. The molecular weight excluding hydrogens is 272 g/mol. The third-order valence-corrected chi connectivity index (χ3v) is 4.20. The van der Waals surface area contributed by atoms with Crippen LogP contribution < -0.4 is 11.1 Å². The first-order valence-corrected chi connectivity index (χ1v) is 7.33. The fourth-order valence-electron chi connectivity index (χ4n) is 2.69. The van der Waals surface area contributed by atoms with Crippen molar-refractivity contribution >= 4 is 11.8 Å². The van der Waals surface area contributed by atoms with E-state index in [4.69, 9.17) is 10.3 Å². The normalized spacial score (nSPS) is 25.1. The maximum Gasteiger partial charge on any atom is 0.273 e. The molecule has 1 aliphatic carbocycles. The minimum Gasteiger partial charge on any atom is -0.360 e. The lowest BCUT2D eigenvalue weighted by atomic mass is 10.1. The molecule has 21 heavy (non-hydrogen) atoms. The zero-order valence-electron chi connectivity index (χ0n) is 12.0. The van der Waals surface area contributed by atoms with Crippen molar-refractivity contribution in [2.45, 2.75) is 31.7 Å². The number of carbonyl (C=O) groups excluding carboxylic acids is 2. The summed E-state index contributed by atoms with van der Waals surface area (Å²) in [7, 11) is 0. The highest BCUT2D eigenvalue weighted by Gasteiger charge is 2.34. The van der Waals surface area contributed by atoms with Gasteiger partial charge in [-0.3, -0.25) is 9.59 Å². The summed E-state index contributed by atoms with van der Waals surface area (Å²) >= 11 is 0. The quantitative estimate of drug-likeness (QED) is 0.819. The van der Waals surface area contributed by atoms with Gasteiger partial charge in [-0.05, 0) is 18.8 Å². The van der Waals surface area contributed by atoms with E-state index in [2.05, 4.69) is 10.5 Å². The monoisotopic (exact) mass is 292 g/mol. The van der Waals surface area contributed by atoms with Crippen molar-refractivity contribution in [2.75, 3.05) is 19.6 Å². The van der Waals surface area contributed by atoms with Gasteiger partial charge < -0.3 is 20.5 Å². The van der Waals surface area contributed by atoms with E-state index in [9.17, 15) is 9.59 Å². The summed E-state index contributed by atoms with van der Waals surface area (Å²) in [5, 5.41) is 6.76. The number of nitrogens with two attached hydrogens (primary N) is 1. The highest BCUT2D eigenvalue weighted by atomic mass is 16.5. The van der Waals surface area contributed by atoms with E-state index in [0.717, 1.165) is 18.6 Å². The summed E-state index contributed by atoms with van der Waals surface area (Å²) < 4.78 is 5.19. The van der Waals surface area contributed by atoms with Crippen molar-refractivity contribution in [2.24, 2.45) is 11.7 Å². The Morgan fingerprint density at radius 3 is 2.90 bits per heavy atom. The molecule has 2 fully saturated rings. The van der Waals surface area contributed by atoms with Crippen LogP contribution in [0.3, 0.4) is 0 Å². The van der Waals surface area contributed by atoms with Gasteiger partial charge in [0.1, 0.15) is 5.76 Å². The molecule has 0 bridgehead atoms. The Labute approximate surface area is 122 Å². The number of aromatic nitrogens is 1. The molecule has 3 rings (SSSR count). The predicted octanol–water partition coefficient (Wildman–Crippen LogP) is 0.0874. The number of rotatable bonds is 4. The molecule has 2 aliphatic rings. The smallest absolute Gasteiger partial charge is 0.273 e. The second kappa shape index (κ2) is 5.48. The van der Waals surface area contributed by atoms with E-state index in [1.54, 1.807) is 11.0 Å². The van der Waals surface area contributed by atoms with Gasteiger partial charge in [-0.1, -0.05) is 12.1 Å². The minimum absolute atomic E-state index is 0.00141. The molecule has 1 aromatic rings. The maximum atomic E-state index is 12.2. The van der Waals surface area contributed by atoms with Crippen LogP contribution in [-0.4, -0.2) is 47.5 Å². The van der Waals surface area contributed by atoms with Gasteiger partial charge in [0.15, 0.2) is 5.69 Å². The summed E-state index contributed by atoms with van der Waals surface area (Å²) in [5.41, 5.74) is 5.68. The van der Waals surface area contributed by atoms with Crippen LogP contribution in [0.25, 0.3) is 0 Å². The fourth-order valence-corrected chi connectivity index (χ4v) is 2.69. The Kier molecular flexibility index (Phi) is 3.67. The molecule has 0 radical (unpaired) electrons. The van der Waals surface area contributed by atoms with E-state index < -0.39 is 0 Å². The van der Waals surface area contributed by atoms with Gasteiger partial charge in [0.2, 0.25) is 5.91 Å². The van der Waals surface area contributed by atoms with Crippen molar-refractivity contribution in [3.05, 3.63) is 17.5 Å². The van der Waals surface area contributed by atoms with Crippen LogP contribution in [-0.2, 0) is 4.79 Å². The number of nitrogens with zero attached hydrogens (tertiary/aromatic N) is 2. The van der Waals surface area contributed by atoms with Crippen molar-refractivity contribution in [1.82, 2.24) is 15.4 Å². The van der Waals surface area contributed by atoms with Crippen LogP contribution in [0.2, 0.25) is 0 Å². The van der Waals surface area contributed by atoms with Gasteiger partial charge in [-0.15, -0.1) is 0 Å². The van der Waals surface area contributed by atoms with Crippen molar-refractivity contribution in [3.63, 3.8) is 0 Å². The van der Waals surface area contributed by atoms with Gasteiger partial charge >= 0.3 is 0 Å². The lowest BCUT2D eigenvalue weighted by Gasteiger charge is -2.16. The van der Waals surface area contributed by atoms with E-state index in [0.29, 0.717) is 24.7 Å². The standard InChI is InChI=1S/C14H20N4O3/c1-8-6-18(13(19)5-15)7-11(8)16-14(20)10-4-12(21-17-10)9-2-3-9/h4,8-9,11H,2-3,5-7,15H2,1H3,(H,16,20)/t8-,11+/m1/s1. The Hall–Kier alpha value is -1.89. The van der Waals surface area contributed by atoms with E-state index in [1.807, 2.05) is 6.92 Å². The fraction of sp³-hybridized carbons (Fsp3) is 0.643. The van der Waals surface area contributed by atoms with Gasteiger partial charge in [0.05, 0.1) is 12.6 Å². The Balaban J connectivity index is 1.60. The Bertz CT molecular complexity index is 552. The number of nitrogens with one attached hydrogen (secondary N) is 1. The minimum atomic E-state index is -0.246. The lowest BCUT2D eigenvalue weighted by Crippen LogP contribution is -2.41. The highest BCUT2D eigenvalue weighted by Crippen LogP contribution is 2.40. The van der Waals surface area contributed by atoms with E-state index >= 15 is 0 Å². The molecule has 1 aromatic heterocycles. The summed E-state index contributed by atoms with van der Waals surface area (Å²) in [6.45, 7) is 3.12. The first kappa shape index (κ1) is 14.1. The third kappa shape index (κ3) is 2.92. The first-order valence-electron chi connectivity index (χ1n) is 7.33. The van der Waals surface area contributed by atoms with Crippen molar-refractivity contribution in [1.29, 1.82) is 0 Å². The van der Waals surface area contributed by atoms with Gasteiger partial charge in [0, 0.05) is 25.1 Å². The summed E-state index contributed by atoms with van der Waals surface area (Å²) in [6.07, 6.45) is 2.21. The second-order valence-corrected chi connectivity index (χ2v) is 5.95. The zero-order chi connectivity index (χ0) is 15.0. The van der Waals surface area contributed by atoms with Crippen LogP contribution in [0.5, 0.6) is 0 Å². The topological polar surface area (TPSA) is 101 Å². The average molecular weight is 292 g/mol. The number of likely N-dealkylation sites (tertiary alicyclic amines) is 1. The molecule has 0 spiro atoms.